The summed E-state index contributed by atoms with van der Waals surface area (Å²) in [5, 5.41) is 25.5. The van der Waals surface area contributed by atoms with Gasteiger partial charge in [-0.1, -0.05) is 37.8 Å². The number of aliphatic carboxylic acids is 2. The number of hydrogen-bond acceptors (Lipinski definition) is 9. The summed E-state index contributed by atoms with van der Waals surface area (Å²) in [7, 11) is -4.67. The van der Waals surface area contributed by atoms with Crippen LogP contribution in [0, 0.1) is 0 Å². The Labute approximate surface area is 231 Å². The molecule has 0 bridgehead atoms. The van der Waals surface area contributed by atoms with E-state index in [4.69, 9.17) is 37.3 Å². The van der Waals surface area contributed by atoms with E-state index in [1.807, 2.05) is 30.3 Å². The molecule has 210 valence electrons. The van der Waals surface area contributed by atoms with E-state index in [-0.39, 0.29) is 25.0 Å². The number of fused-ring (bicyclic) bond motifs is 3. The van der Waals surface area contributed by atoms with E-state index in [0.717, 1.165) is 26.9 Å². The molecule has 2 aromatic carbocycles. The van der Waals surface area contributed by atoms with Crippen molar-refractivity contribution in [3.05, 3.63) is 88.8 Å². The average Bonchev–Trinajstić information content (AvgIpc) is 3.16. The minimum atomic E-state index is -4.67. The molecule has 0 aliphatic rings. The molecule has 0 radical (unpaired) electrons. The van der Waals surface area contributed by atoms with Gasteiger partial charge in [0.05, 0.1) is 16.7 Å². The van der Waals surface area contributed by atoms with Crippen LogP contribution in [0.5, 0.6) is 0 Å². The van der Waals surface area contributed by atoms with Crippen molar-refractivity contribution in [2.45, 2.75) is 18.7 Å². The Bertz CT molecular complexity index is 1590. The Balaban J connectivity index is 0.000000520. The molecule has 0 saturated heterocycles. The molecular weight excluding hydrogens is 576 g/mol. The zero-order valence-corrected chi connectivity index (χ0v) is 21.5. The van der Waals surface area contributed by atoms with E-state index in [1.165, 1.54) is 12.1 Å². The highest BCUT2D eigenvalue weighted by atomic mass is 32.3. The molecule has 2 aromatic heterocycles. The molecule has 5 N–H and O–H groups in total. The summed E-state index contributed by atoms with van der Waals surface area (Å²) < 4.78 is 38.9. The molecule has 0 aliphatic carbocycles. The summed E-state index contributed by atoms with van der Waals surface area (Å²) in [5.74, 6) is -3.10. The van der Waals surface area contributed by atoms with Crippen molar-refractivity contribution in [3.8, 4) is 0 Å². The number of carboxylic acids is 3. The van der Waals surface area contributed by atoms with Crippen molar-refractivity contribution < 1.29 is 51.6 Å². The van der Waals surface area contributed by atoms with Gasteiger partial charge in [0.15, 0.2) is 5.58 Å². The molecule has 15 heteroatoms. The first-order chi connectivity index (χ1) is 17.7. The molecule has 2 heterocycles. The van der Waals surface area contributed by atoms with Gasteiger partial charge < -0.3 is 19.7 Å². The summed E-state index contributed by atoms with van der Waals surface area (Å²) in [5.41, 5.74) is 0.657. The summed E-state index contributed by atoms with van der Waals surface area (Å²) in [6, 6.07) is 17.8. The molecular formula is C24H24O12S3. The molecule has 0 amide bonds. The van der Waals surface area contributed by atoms with E-state index in [1.54, 1.807) is 29.5 Å². The number of carboxylic acid groups (broad SMARTS) is 3. The van der Waals surface area contributed by atoms with Gasteiger partial charge in [-0.2, -0.15) is 8.42 Å². The van der Waals surface area contributed by atoms with E-state index in [2.05, 4.69) is 12.6 Å². The van der Waals surface area contributed by atoms with Crippen LogP contribution in [0.4, 0.5) is 0 Å². The third-order valence-corrected chi connectivity index (χ3v) is 5.34. The van der Waals surface area contributed by atoms with Crippen molar-refractivity contribution in [3.63, 3.8) is 0 Å². The zero-order chi connectivity index (χ0) is 28.9. The lowest BCUT2D eigenvalue weighted by atomic mass is 10.2. The molecule has 12 nitrogen and oxygen atoms in total. The smallest absolute Gasteiger partial charge is 0.394 e. The van der Waals surface area contributed by atoms with Gasteiger partial charge in [-0.15, -0.1) is 24.0 Å². The quantitative estimate of drug-likeness (QED) is 0.106. The Morgan fingerprint density at radius 2 is 1.46 bits per heavy atom. The topological polar surface area (TPSA) is 217 Å². The molecule has 0 atom stereocenters. The maximum atomic E-state index is 11.1. The van der Waals surface area contributed by atoms with Crippen LogP contribution >= 0.6 is 24.0 Å². The SMILES string of the molecule is C.O=C(O)/C=C/CC(=O)O.O=C(O)c1ccccc1S.O=S(=O)(O)O.O=c1ccc2sc3ccccc3c2o1. The lowest BCUT2D eigenvalue weighted by Crippen LogP contribution is -1.96. The predicted octanol–water partition coefficient (Wildman–Crippen LogP) is 4.77. The minimum absolute atomic E-state index is 0. The summed E-state index contributed by atoms with van der Waals surface area (Å²) in [6.07, 6.45) is 1.63. The number of thiol groups is 1. The second kappa shape index (κ2) is 16.7. The second-order valence-electron chi connectivity index (χ2n) is 6.65. The summed E-state index contributed by atoms with van der Waals surface area (Å²) in [6.45, 7) is 0. The molecule has 39 heavy (non-hydrogen) atoms. The fourth-order valence-corrected chi connectivity index (χ4v) is 3.74. The Hall–Kier alpha value is -4.02. The molecule has 0 aliphatic heterocycles. The molecule has 0 saturated carbocycles. The number of hydrogen-bond donors (Lipinski definition) is 6. The first-order valence-electron chi connectivity index (χ1n) is 9.93. The van der Waals surface area contributed by atoms with E-state index in [9.17, 15) is 19.2 Å². The summed E-state index contributed by atoms with van der Waals surface area (Å²) >= 11 is 5.59. The lowest BCUT2D eigenvalue weighted by molar-refractivity contribution is -0.136. The first-order valence-corrected chi connectivity index (χ1v) is 12.6. The highest BCUT2D eigenvalue weighted by Crippen LogP contribution is 2.32. The predicted molar refractivity (Wildman–Crippen MR) is 148 cm³/mol. The van der Waals surface area contributed by atoms with Crippen LogP contribution in [0.15, 0.2) is 86.9 Å². The van der Waals surface area contributed by atoms with Crippen molar-refractivity contribution in [2.24, 2.45) is 0 Å². The molecule has 0 unspecified atom stereocenters. The number of benzene rings is 2. The van der Waals surface area contributed by atoms with Crippen LogP contribution in [-0.2, 0) is 20.0 Å². The number of rotatable bonds is 4. The van der Waals surface area contributed by atoms with Gasteiger partial charge in [-0.25, -0.2) is 14.4 Å². The molecule has 4 rings (SSSR count). The Kier molecular flexibility index (Phi) is 15.0. The van der Waals surface area contributed by atoms with Gasteiger partial charge in [-0.3, -0.25) is 13.9 Å². The van der Waals surface area contributed by atoms with Crippen molar-refractivity contribution >= 4 is 72.6 Å². The van der Waals surface area contributed by atoms with Gasteiger partial charge in [-0.05, 0) is 30.3 Å². The fraction of sp³-hybridized carbons (Fsp3) is 0.0833. The van der Waals surface area contributed by atoms with Crippen LogP contribution in [0.3, 0.4) is 0 Å². The summed E-state index contributed by atoms with van der Waals surface area (Å²) in [4.78, 5) is 41.4. The standard InChI is InChI=1S/C11H6O2S.C7H6O2S.C5H6O4.CH4.H2O4S/c12-10-6-5-9-11(13-10)7-3-1-2-4-8(7)14-9;8-7(9)5-3-1-2-4-6(5)10;6-4(7)2-1-3-5(8)9;;1-5(2,3)4/h1-6H;1-4,10H,(H,8,9);1-2H,3H2,(H,6,7)(H,8,9);1H4;(H2,1,2,3,4)/b;;2-1+;;. The van der Waals surface area contributed by atoms with Gasteiger partial charge in [0.25, 0.3) is 0 Å². The molecule has 0 fully saturated rings. The van der Waals surface area contributed by atoms with Gasteiger partial charge in [0.2, 0.25) is 0 Å². The largest absolute Gasteiger partial charge is 0.481 e. The van der Waals surface area contributed by atoms with Crippen LogP contribution in [-0.4, -0.2) is 50.8 Å². The highest BCUT2D eigenvalue weighted by molar-refractivity contribution is 7.80. The average molecular weight is 601 g/mol. The van der Waals surface area contributed by atoms with Gasteiger partial charge >= 0.3 is 33.9 Å². The van der Waals surface area contributed by atoms with Gasteiger partial charge in [0.1, 0.15) is 0 Å². The van der Waals surface area contributed by atoms with E-state index >= 15 is 0 Å². The maximum absolute atomic E-state index is 11.1. The Morgan fingerprint density at radius 3 is 1.97 bits per heavy atom. The van der Waals surface area contributed by atoms with Crippen LogP contribution in [0.1, 0.15) is 24.2 Å². The number of thiophene rings is 1. The number of aromatic carboxylic acids is 1. The zero-order valence-electron chi connectivity index (χ0n) is 19.0. The third-order valence-electron chi connectivity index (χ3n) is 3.84. The minimum Gasteiger partial charge on any atom is -0.481 e. The Morgan fingerprint density at radius 1 is 0.897 bits per heavy atom. The van der Waals surface area contributed by atoms with Crippen LogP contribution in [0.25, 0.3) is 20.4 Å². The van der Waals surface area contributed by atoms with Crippen LogP contribution in [0.2, 0.25) is 0 Å². The monoisotopic (exact) mass is 600 g/mol. The highest BCUT2D eigenvalue weighted by Gasteiger charge is 2.06. The van der Waals surface area contributed by atoms with Crippen molar-refractivity contribution in [1.82, 2.24) is 0 Å². The number of carbonyl (C=O) groups is 3. The van der Waals surface area contributed by atoms with E-state index in [0.29, 0.717) is 10.5 Å². The van der Waals surface area contributed by atoms with Crippen molar-refractivity contribution in [2.75, 3.05) is 0 Å². The van der Waals surface area contributed by atoms with Crippen LogP contribution < -0.4 is 5.63 Å². The fourth-order valence-electron chi connectivity index (χ4n) is 2.45. The maximum Gasteiger partial charge on any atom is 0.394 e. The molecule has 4 aromatic rings. The third kappa shape index (κ3) is 14.5. The van der Waals surface area contributed by atoms with E-state index < -0.39 is 28.3 Å². The first kappa shape index (κ1) is 35.0. The lowest BCUT2D eigenvalue weighted by Gasteiger charge is -1.95. The van der Waals surface area contributed by atoms with Gasteiger partial charge in [0, 0.05) is 27.1 Å². The van der Waals surface area contributed by atoms with Crippen molar-refractivity contribution in [1.29, 1.82) is 0 Å². The normalized spacial score (nSPS) is 10.1. The molecule has 0 spiro atoms. The second-order valence-corrected chi connectivity index (χ2v) is 9.12.